The topological polar surface area (TPSA) is 124 Å². The van der Waals surface area contributed by atoms with Crippen molar-refractivity contribution in [3.05, 3.63) is 24.8 Å². The van der Waals surface area contributed by atoms with Crippen LogP contribution in [0.15, 0.2) is 24.8 Å². The first-order valence-corrected chi connectivity index (χ1v) is 4.55. The van der Waals surface area contributed by atoms with Gasteiger partial charge in [0.25, 0.3) is 0 Å². The summed E-state index contributed by atoms with van der Waals surface area (Å²) in [4.78, 5) is 19.1. The van der Waals surface area contributed by atoms with E-state index < -0.39 is 18.0 Å². The molecular weight excluding hydrogens is 232 g/mol. The zero-order valence-electron chi connectivity index (χ0n) is 9.15. The number of aliphatic carboxylic acids is 2. The Morgan fingerprint density at radius 2 is 1.71 bits per heavy atom. The third-order valence-electron chi connectivity index (χ3n) is 1.13. The molecule has 0 rings (SSSR count). The fourth-order valence-corrected chi connectivity index (χ4v) is 0.483. The molecule has 0 radical (unpaired) electrons. The lowest BCUT2D eigenvalue weighted by atomic mass is 10.4. The highest BCUT2D eigenvalue weighted by Crippen LogP contribution is 1.82. The second kappa shape index (κ2) is 12.4. The van der Waals surface area contributed by atoms with Gasteiger partial charge in [-0.15, -0.1) is 6.58 Å². The second-order valence-corrected chi connectivity index (χ2v) is 2.67. The van der Waals surface area contributed by atoms with Crippen LogP contribution in [0.4, 0.5) is 0 Å². The molecule has 1 atom stereocenters. The van der Waals surface area contributed by atoms with Gasteiger partial charge in [0.05, 0.1) is 19.8 Å². The molecule has 0 aliphatic rings. The van der Waals surface area contributed by atoms with Gasteiger partial charge in [0.15, 0.2) is 0 Å². The van der Waals surface area contributed by atoms with E-state index in [-0.39, 0.29) is 13.2 Å². The Bertz CT molecular complexity index is 243. The number of aliphatic hydroxyl groups is 2. The zero-order valence-corrected chi connectivity index (χ0v) is 9.15. The van der Waals surface area contributed by atoms with Gasteiger partial charge in [-0.2, -0.15) is 0 Å². The number of carbonyl (C=O) groups is 2. The van der Waals surface area contributed by atoms with Crippen molar-refractivity contribution in [2.45, 2.75) is 6.10 Å². The van der Waals surface area contributed by atoms with Crippen LogP contribution in [-0.2, 0) is 14.3 Å². The Morgan fingerprint density at radius 3 is 2.00 bits per heavy atom. The summed E-state index contributed by atoms with van der Waals surface area (Å²) in [5, 5.41) is 32.6. The third kappa shape index (κ3) is 20.4. The summed E-state index contributed by atoms with van der Waals surface area (Å²) in [6, 6.07) is 0. The molecule has 0 fully saturated rings. The number of hydrogen-bond acceptors (Lipinski definition) is 5. The van der Waals surface area contributed by atoms with E-state index in [1.54, 1.807) is 6.08 Å². The van der Waals surface area contributed by atoms with Crippen molar-refractivity contribution < 1.29 is 34.8 Å². The largest absolute Gasteiger partial charge is 0.478 e. The van der Waals surface area contributed by atoms with E-state index in [4.69, 9.17) is 25.2 Å². The van der Waals surface area contributed by atoms with Crippen molar-refractivity contribution in [3.8, 4) is 0 Å². The molecule has 0 heterocycles. The summed E-state index contributed by atoms with van der Waals surface area (Å²) in [7, 11) is 0. The monoisotopic (exact) mass is 248 g/mol. The van der Waals surface area contributed by atoms with E-state index in [0.29, 0.717) is 18.8 Å². The SMILES string of the molecule is C=CCOCC(O)CO.O=C(O)/C=C\C(=O)O. The Morgan fingerprint density at radius 1 is 1.24 bits per heavy atom. The molecule has 4 N–H and O–H groups in total. The molecule has 7 nitrogen and oxygen atoms in total. The van der Waals surface area contributed by atoms with E-state index >= 15 is 0 Å². The molecule has 0 amide bonds. The van der Waals surface area contributed by atoms with Crippen LogP contribution in [0, 0.1) is 0 Å². The van der Waals surface area contributed by atoms with Gasteiger partial charge in [-0.05, 0) is 0 Å². The highest BCUT2D eigenvalue weighted by atomic mass is 16.5. The van der Waals surface area contributed by atoms with Crippen molar-refractivity contribution in [2.75, 3.05) is 19.8 Å². The van der Waals surface area contributed by atoms with Gasteiger partial charge >= 0.3 is 11.9 Å². The maximum absolute atomic E-state index is 9.55. The smallest absolute Gasteiger partial charge is 0.328 e. The number of hydrogen-bond donors (Lipinski definition) is 4. The quantitative estimate of drug-likeness (QED) is 0.265. The van der Waals surface area contributed by atoms with Crippen LogP contribution >= 0.6 is 0 Å². The molecule has 17 heavy (non-hydrogen) atoms. The summed E-state index contributed by atoms with van der Waals surface area (Å²) in [5.74, 6) is -2.51. The van der Waals surface area contributed by atoms with Crippen LogP contribution in [0.25, 0.3) is 0 Å². The Kier molecular flexibility index (Phi) is 12.9. The highest BCUT2D eigenvalue weighted by Gasteiger charge is 1.98. The minimum atomic E-state index is -1.26. The molecule has 0 aromatic rings. The van der Waals surface area contributed by atoms with E-state index in [1.165, 1.54) is 0 Å². The molecule has 7 heteroatoms. The number of carboxylic acids is 2. The van der Waals surface area contributed by atoms with Crippen LogP contribution in [0.3, 0.4) is 0 Å². The van der Waals surface area contributed by atoms with Crippen molar-refractivity contribution in [1.82, 2.24) is 0 Å². The first-order valence-electron chi connectivity index (χ1n) is 4.55. The molecule has 0 aromatic carbocycles. The van der Waals surface area contributed by atoms with Gasteiger partial charge in [0, 0.05) is 12.2 Å². The molecule has 0 aliphatic heterocycles. The Balaban J connectivity index is 0. The predicted octanol–water partition coefficient (Wildman–Crippen LogP) is -0.746. The van der Waals surface area contributed by atoms with Gasteiger partial charge in [0.2, 0.25) is 0 Å². The normalized spacial score (nSPS) is 11.4. The van der Waals surface area contributed by atoms with E-state index in [1.807, 2.05) is 0 Å². The van der Waals surface area contributed by atoms with Crippen LogP contribution in [0.5, 0.6) is 0 Å². The van der Waals surface area contributed by atoms with Gasteiger partial charge in [0.1, 0.15) is 6.10 Å². The lowest BCUT2D eigenvalue weighted by Gasteiger charge is -2.04. The summed E-state index contributed by atoms with van der Waals surface area (Å²) >= 11 is 0. The fraction of sp³-hybridized carbons (Fsp3) is 0.400. The van der Waals surface area contributed by atoms with Crippen molar-refractivity contribution in [3.63, 3.8) is 0 Å². The Hall–Kier alpha value is -1.70. The lowest BCUT2D eigenvalue weighted by molar-refractivity contribution is -0.134. The van der Waals surface area contributed by atoms with E-state index in [0.717, 1.165) is 0 Å². The number of carboxylic acid groups (broad SMARTS) is 2. The summed E-state index contributed by atoms with van der Waals surface area (Å²) < 4.78 is 4.81. The summed E-state index contributed by atoms with van der Waals surface area (Å²) in [6.45, 7) is 3.74. The number of aliphatic hydroxyl groups excluding tert-OH is 2. The molecule has 0 spiro atoms. The summed E-state index contributed by atoms with van der Waals surface area (Å²) in [5.41, 5.74) is 0. The van der Waals surface area contributed by atoms with Gasteiger partial charge < -0.3 is 25.2 Å². The Labute approximate surface area is 98.3 Å². The average molecular weight is 248 g/mol. The molecule has 0 aliphatic carbocycles. The number of ether oxygens (including phenoxy) is 1. The van der Waals surface area contributed by atoms with Crippen molar-refractivity contribution in [1.29, 1.82) is 0 Å². The van der Waals surface area contributed by atoms with Gasteiger partial charge in [-0.1, -0.05) is 6.08 Å². The van der Waals surface area contributed by atoms with Crippen molar-refractivity contribution >= 4 is 11.9 Å². The maximum Gasteiger partial charge on any atom is 0.328 e. The third-order valence-corrected chi connectivity index (χ3v) is 1.13. The van der Waals surface area contributed by atoms with Gasteiger partial charge in [-0.25, -0.2) is 9.59 Å². The van der Waals surface area contributed by atoms with Crippen molar-refractivity contribution in [2.24, 2.45) is 0 Å². The number of rotatable bonds is 7. The van der Waals surface area contributed by atoms with Crippen LogP contribution in [-0.4, -0.2) is 58.3 Å². The summed E-state index contributed by atoms with van der Waals surface area (Å²) in [6.07, 6.45) is 1.94. The van der Waals surface area contributed by atoms with E-state index in [2.05, 4.69) is 6.58 Å². The molecule has 0 saturated carbocycles. The standard InChI is InChI=1S/C6H12O3.C4H4O4/c1-2-3-9-5-6(8)4-7;5-3(6)1-2-4(7)8/h2,6-8H,1,3-5H2;1-2H,(H,5,6)(H,7,8)/b;2-1-. The zero-order chi connectivity index (χ0) is 13.7. The minimum Gasteiger partial charge on any atom is -0.478 e. The first-order chi connectivity index (χ1) is 7.93. The van der Waals surface area contributed by atoms with Gasteiger partial charge in [-0.3, -0.25) is 0 Å². The molecule has 0 aromatic heterocycles. The molecule has 1 unspecified atom stereocenters. The van der Waals surface area contributed by atoms with Crippen LogP contribution < -0.4 is 0 Å². The second-order valence-electron chi connectivity index (χ2n) is 2.67. The van der Waals surface area contributed by atoms with Crippen LogP contribution in [0.2, 0.25) is 0 Å². The average Bonchev–Trinajstić information content (AvgIpc) is 2.27. The molecular formula is C10H16O7. The molecule has 0 saturated heterocycles. The fourth-order valence-electron chi connectivity index (χ4n) is 0.483. The lowest BCUT2D eigenvalue weighted by Crippen LogP contribution is -2.19. The van der Waals surface area contributed by atoms with E-state index in [9.17, 15) is 9.59 Å². The molecule has 98 valence electrons. The van der Waals surface area contributed by atoms with Crippen LogP contribution in [0.1, 0.15) is 0 Å². The first kappa shape index (κ1) is 17.7. The predicted molar refractivity (Wildman–Crippen MR) is 58.5 cm³/mol. The maximum atomic E-state index is 9.55. The molecule has 0 bridgehead atoms. The minimum absolute atomic E-state index is 0.169. The highest BCUT2D eigenvalue weighted by molar-refractivity contribution is 5.89.